The first-order valence-electron chi connectivity index (χ1n) is 12.1. The van der Waals surface area contributed by atoms with Crippen LogP contribution in [0.15, 0.2) is 66.7 Å². The van der Waals surface area contributed by atoms with E-state index in [1.54, 1.807) is 0 Å². The lowest BCUT2D eigenvalue weighted by molar-refractivity contribution is 0.122. The summed E-state index contributed by atoms with van der Waals surface area (Å²) in [6.07, 6.45) is 0. The molecule has 9 heteroatoms. The summed E-state index contributed by atoms with van der Waals surface area (Å²) in [7, 11) is 0. The molecule has 8 nitrogen and oxygen atoms in total. The van der Waals surface area contributed by atoms with Gasteiger partial charge in [0.1, 0.15) is 11.6 Å². The zero-order chi connectivity index (χ0) is 23.9. The van der Waals surface area contributed by atoms with Crippen molar-refractivity contribution in [3.05, 3.63) is 72.3 Å². The SMILES string of the molecule is S=C(NCc1ccccc1)Nc1nc(N2CCOCC2)cc(N2CCN(c3ccccc3)CC2)n1. The number of nitrogens with one attached hydrogen (secondary N) is 2. The monoisotopic (exact) mass is 489 g/mol. The minimum absolute atomic E-state index is 0.507. The van der Waals surface area contributed by atoms with Crippen molar-refractivity contribution in [1.82, 2.24) is 15.3 Å². The van der Waals surface area contributed by atoms with E-state index in [2.05, 4.69) is 73.9 Å². The summed E-state index contributed by atoms with van der Waals surface area (Å²) in [5, 5.41) is 6.97. The summed E-state index contributed by atoms with van der Waals surface area (Å²) in [6.45, 7) is 7.35. The minimum atomic E-state index is 0.507. The summed E-state index contributed by atoms with van der Waals surface area (Å²) in [4.78, 5) is 16.6. The molecule has 0 amide bonds. The molecule has 0 bridgehead atoms. The molecule has 35 heavy (non-hydrogen) atoms. The van der Waals surface area contributed by atoms with Crippen molar-refractivity contribution in [2.45, 2.75) is 6.54 Å². The number of piperazine rings is 1. The third-order valence-electron chi connectivity index (χ3n) is 6.28. The molecule has 2 aliphatic rings. The first-order valence-corrected chi connectivity index (χ1v) is 12.5. The quantitative estimate of drug-likeness (QED) is 0.508. The normalized spacial score (nSPS) is 16.2. The second-order valence-corrected chi connectivity index (χ2v) is 9.02. The van der Waals surface area contributed by atoms with E-state index >= 15 is 0 Å². The largest absolute Gasteiger partial charge is 0.378 e. The Morgan fingerprint density at radius 2 is 1.34 bits per heavy atom. The number of hydrogen-bond acceptors (Lipinski definition) is 7. The van der Waals surface area contributed by atoms with Gasteiger partial charge in [0.15, 0.2) is 5.11 Å². The van der Waals surface area contributed by atoms with Gasteiger partial charge in [0.25, 0.3) is 0 Å². The van der Waals surface area contributed by atoms with Crippen LogP contribution in [0.1, 0.15) is 5.56 Å². The number of hydrogen-bond donors (Lipinski definition) is 2. The molecule has 0 unspecified atom stereocenters. The zero-order valence-electron chi connectivity index (χ0n) is 19.8. The van der Waals surface area contributed by atoms with E-state index < -0.39 is 0 Å². The predicted molar refractivity (Wildman–Crippen MR) is 145 cm³/mol. The van der Waals surface area contributed by atoms with E-state index in [4.69, 9.17) is 26.9 Å². The fourth-order valence-corrected chi connectivity index (χ4v) is 4.51. The van der Waals surface area contributed by atoms with Crippen LogP contribution in [0.4, 0.5) is 23.3 Å². The number of morpholine rings is 1. The molecule has 0 saturated carbocycles. The maximum atomic E-state index is 5.55. The molecule has 1 aromatic heterocycles. The van der Waals surface area contributed by atoms with Crippen LogP contribution in [0.5, 0.6) is 0 Å². The van der Waals surface area contributed by atoms with Crippen LogP contribution >= 0.6 is 12.2 Å². The summed E-state index contributed by atoms with van der Waals surface area (Å²) in [5.74, 6) is 2.33. The smallest absolute Gasteiger partial charge is 0.232 e. The van der Waals surface area contributed by atoms with Gasteiger partial charge in [-0.05, 0) is 29.9 Å². The highest BCUT2D eigenvalue weighted by molar-refractivity contribution is 7.80. The van der Waals surface area contributed by atoms with Gasteiger partial charge in [-0.3, -0.25) is 0 Å². The average molecular weight is 490 g/mol. The maximum Gasteiger partial charge on any atom is 0.232 e. The molecule has 3 aromatic rings. The van der Waals surface area contributed by atoms with Gasteiger partial charge in [-0.25, -0.2) is 0 Å². The highest BCUT2D eigenvalue weighted by atomic mass is 32.1. The van der Waals surface area contributed by atoms with Crippen LogP contribution in [0.25, 0.3) is 0 Å². The highest BCUT2D eigenvalue weighted by Crippen LogP contribution is 2.24. The molecule has 5 rings (SSSR count). The van der Waals surface area contributed by atoms with Crippen LogP contribution in [0.2, 0.25) is 0 Å². The van der Waals surface area contributed by atoms with Gasteiger partial charge in [-0.15, -0.1) is 0 Å². The maximum absolute atomic E-state index is 5.55. The number of rotatable bonds is 6. The Bertz CT molecular complexity index is 1100. The molecule has 0 atom stereocenters. The van der Waals surface area contributed by atoms with Crippen LogP contribution in [0, 0.1) is 0 Å². The van der Waals surface area contributed by atoms with Crippen LogP contribution in [-0.2, 0) is 11.3 Å². The van der Waals surface area contributed by atoms with Crippen LogP contribution in [0.3, 0.4) is 0 Å². The molecule has 2 saturated heterocycles. The van der Waals surface area contributed by atoms with Gasteiger partial charge in [-0.1, -0.05) is 48.5 Å². The standard InChI is InChI=1S/C26H31N7OS/c35-26(27-20-21-7-3-1-4-8-21)30-25-28-23(19-24(29-25)33-15-17-34-18-16-33)32-13-11-31(12-14-32)22-9-5-2-6-10-22/h1-10,19H,11-18,20H2,(H2,27,28,29,30,35). The lowest BCUT2D eigenvalue weighted by Gasteiger charge is -2.37. The predicted octanol–water partition coefficient (Wildman–Crippen LogP) is 3.13. The fourth-order valence-electron chi connectivity index (χ4n) is 4.35. The summed E-state index contributed by atoms with van der Waals surface area (Å²) >= 11 is 5.55. The Morgan fingerprint density at radius 3 is 2.00 bits per heavy atom. The van der Waals surface area contributed by atoms with E-state index in [1.165, 1.54) is 5.69 Å². The number of benzene rings is 2. The van der Waals surface area contributed by atoms with Gasteiger partial charge >= 0.3 is 0 Å². The topological polar surface area (TPSA) is 68.8 Å². The average Bonchev–Trinajstić information content (AvgIpc) is 2.93. The van der Waals surface area contributed by atoms with Gasteiger partial charge in [0.2, 0.25) is 5.95 Å². The first kappa shape index (κ1) is 23.3. The Morgan fingerprint density at radius 1 is 0.771 bits per heavy atom. The van der Waals surface area contributed by atoms with Crippen molar-refractivity contribution < 1.29 is 4.74 Å². The minimum Gasteiger partial charge on any atom is -0.378 e. The second-order valence-electron chi connectivity index (χ2n) is 8.61. The van der Waals surface area contributed by atoms with Crippen molar-refractivity contribution in [3.63, 3.8) is 0 Å². The number of ether oxygens (including phenoxy) is 1. The summed E-state index contributed by atoms with van der Waals surface area (Å²) < 4.78 is 5.54. The van der Waals surface area contributed by atoms with E-state index in [1.807, 2.05) is 18.2 Å². The number of anilines is 4. The van der Waals surface area contributed by atoms with Gasteiger partial charge in [0.05, 0.1) is 13.2 Å². The van der Waals surface area contributed by atoms with Crippen molar-refractivity contribution in [2.24, 2.45) is 0 Å². The van der Waals surface area contributed by atoms with Gasteiger partial charge in [0, 0.05) is 57.6 Å². The van der Waals surface area contributed by atoms with E-state index in [0.717, 1.165) is 56.5 Å². The zero-order valence-corrected chi connectivity index (χ0v) is 20.6. The van der Waals surface area contributed by atoms with Crippen molar-refractivity contribution >= 4 is 40.6 Å². The van der Waals surface area contributed by atoms with Crippen LogP contribution < -0.4 is 25.3 Å². The Balaban J connectivity index is 1.29. The highest BCUT2D eigenvalue weighted by Gasteiger charge is 2.22. The molecule has 0 radical (unpaired) electrons. The van der Waals surface area contributed by atoms with Crippen molar-refractivity contribution in [2.75, 3.05) is 72.5 Å². The molecule has 0 aliphatic carbocycles. The van der Waals surface area contributed by atoms with Crippen molar-refractivity contribution in [1.29, 1.82) is 0 Å². The Hall–Kier alpha value is -3.43. The Labute approximate surface area is 211 Å². The van der Waals surface area contributed by atoms with E-state index in [9.17, 15) is 0 Å². The molecule has 182 valence electrons. The third kappa shape index (κ3) is 6.17. The molecule has 2 aromatic carbocycles. The van der Waals surface area contributed by atoms with Crippen LogP contribution in [-0.4, -0.2) is 67.6 Å². The molecule has 2 N–H and O–H groups in total. The molecule has 3 heterocycles. The van der Waals surface area contributed by atoms with Gasteiger partial charge in [-0.2, -0.15) is 9.97 Å². The summed E-state index contributed by atoms with van der Waals surface area (Å²) in [6, 6.07) is 22.9. The lowest BCUT2D eigenvalue weighted by atomic mass is 10.2. The van der Waals surface area contributed by atoms with E-state index in [-0.39, 0.29) is 0 Å². The number of aromatic nitrogens is 2. The third-order valence-corrected chi connectivity index (χ3v) is 6.53. The molecule has 2 aliphatic heterocycles. The lowest BCUT2D eigenvalue weighted by Crippen LogP contribution is -2.47. The number of thiocarbonyl (C=S) groups is 1. The first-order chi connectivity index (χ1) is 17.2. The molecule has 0 spiro atoms. The van der Waals surface area contributed by atoms with E-state index in [0.29, 0.717) is 30.8 Å². The molecular weight excluding hydrogens is 458 g/mol. The Kier molecular flexibility index (Phi) is 7.55. The second kappa shape index (κ2) is 11.3. The number of nitrogens with zero attached hydrogens (tertiary/aromatic N) is 5. The molecule has 2 fully saturated rings. The van der Waals surface area contributed by atoms with Crippen molar-refractivity contribution in [3.8, 4) is 0 Å². The van der Waals surface area contributed by atoms with Gasteiger partial charge < -0.3 is 30.1 Å². The molecular formula is C26H31N7OS. The number of para-hydroxylation sites is 1. The summed E-state index contributed by atoms with van der Waals surface area (Å²) in [5.41, 5.74) is 2.43. The fraction of sp³-hybridized carbons (Fsp3) is 0.346.